The molecule has 160 valence electrons. The lowest BCUT2D eigenvalue weighted by Crippen LogP contribution is -2.60. The quantitative estimate of drug-likeness (QED) is 0.297. The zero-order valence-corrected chi connectivity index (χ0v) is 17.3. The monoisotopic (exact) mass is 404 g/mol. The molecule has 10 atom stereocenters. The molecule has 4 aliphatic rings. The number of terminal acetylenes is 1. The third-order valence-corrected chi connectivity index (χ3v) is 8.86. The van der Waals surface area contributed by atoms with Crippen LogP contribution in [0.25, 0.3) is 0 Å². The summed E-state index contributed by atoms with van der Waals surface area (Å²) in [6.07, 6.45) is 6.94. The maximum absolute atomic E-state index is 11.8. The number of carbonyl (C=O) groups excluding carboxylic acids is 1. The number of hydrogen-bond acceptors (Lipinski definition) is 6. The van der Waals surface area contributed by atoms with Crippen molar-refractivity contribution in [3.8, 4) is 12.3 Å². The predicted molar refractivity (Wildman–Crippen MR) is 105 cm³/mol. The molecule has 29 heavy (non-hydrogen) atoms. The lowest BCUT2D eigenvalue weighted by molar-refractivity contribution is -0.183. The third kappa shape index (κ3) is 2.61. The molecule has 3 fully saturated rings. The van der Waals surface area contributed by atoms with Crippen LogP contribution in [0.2, 0.25) is 0 Å². The fourth-order valence-corrected chi connectivity index (χ4v) is 7.39. The van der Waals surface area contributed by atoms with E-state index in [1.165, 1.54) is 6.92 Å². The first-order valence-corrected chi connectivity index (χ1v) is 10.6. The molecule has 0 unspecified atom stereocenters. The molecule has 0 aromatic rings. The number of esters is 1. The van der Waals surface area contributed by atoms with Crippen LogP contribution in [0.4, 0.5) is 0 Å². The first kappa shape index (κ1) is 20.9. The molecule has 0 bridgehead atoms. The van der Waals surface area contributed by atoms with Gasteiger partial charge in [0.2, 0.25) is 5.60 Å². The Balaban J connectivity index is 1.77. The van der Waals surface area contributed by atoms with Crippen molar-refractivity contribution in [2.24, 2.45) is 28.6 Å². The summed E-state index contributed by atoms with van der Waals surface area (Å²) in [6, 6.07) is 0. The summed E-state index contributed by atoms with van der Waals surface area (Å²) < 4.78 is 5.62. The molecule has 4 rings (SSSR count). The van der Waals surface area contributed by atoms with E-state index in [-0.39, 0.29) is 23.2 Å². The van der Waals surface area contributed by atoms with Gasteiger partial charge in [-0.05, 0) is 55.3 Å². The number of carbonyl (C=O) groups is 1. The highest BCUT2D eigenvalue weighted by Crippen LogP contribution is 2.67. The van der Waals surface area contributed by atoms with Crippen LogP contribution < -0.4 is 0 Å². The van der Waals surface area contributed by atoms with Gasteiger partial charge in [0.25, 0.3) is 0 Å². The number of ether oxygens (including phenoxy) is 1. The Morgan fingerprint density at radius 3 is 2.52 bits per heavy atom. The molecule has 3 saturated carbocycles. The van der Waals surface area contributed by atoms with Gasteiger partial charge in [0, 0.05) is 12.3 Å². The largest absolute Gasteiger partial charge is 0.443 e. The van der Waals surface area contributed by atoms with E-state index in [1.54, 1.807) is 0 Å². The molecule has 0 amide bonds. The summed E-state index contributed by atoms with van der Waals surface area (Å²) in [6.45, 7) is 5.39. The molecule has 0 saturated heterocycles. The van der Waals surface area contributed by atoms with Gasteiger partial charge < -0.3 is 25.2 Å². The molecule has 0 aliphatic heterocycles. The van der Waals surface area contributed by atoms with Crippen molar-refractivity contribution in [1.29, 1.82) is 0 Å². The lowest BCUT2D eigenvalue weighted by atomic mass is 9.46. The van der Waals surface area contributed by atoms with Crippen molar-refractivity contribution in [1.82, 2.24) is 0 Å². The SMILES string of the molecule is C#C[C@]1(OC(C)=O)[C@H](O)C[C@H]2[C@@H]3[C@@H](O)C=C4C[C@H](O)[C@@H](O)C[C@]4(C)[C@H]3CC[C@@]21C. The van der Waals surface area contributed by atoms with Crippen molar-refractivity contribution >= 4 is 5.97 Å². The third-order valence-electron chi connectivity index (χ3n) is 8.86. The highest BCUT2D eigenvalue weighted by Gasteiger charge is 2.70. The average molecular weight is 405 g/mol. The number of fused-ring (bicyclic) bond motifs is 5. The maximum Gasteiger partial charge on any atom is 0.304 e. The van der Waals surface area contributed by atoms with Crippen LogP contribution in [0.3, 0.4) is 0 Å². The molecule has 0 radical (unpaired) electrons. The molecular weight excluding hydrogens is 372 g/mol. The van der Waals surface area contributed by atoms with Gasteiger partial charge in [0.1, 0.15) is 6.10 Å². The molecule has 4 N–H and O–H groups in total. The van der Waals surface area contributed by atoms with Crippen molar-refractivity contribution in [2.75, 3.05) is 0 Å². The summed E-state index contributed by atoms with van der Waals surface area (Å²) in [4.78, 5) is 11.8. The van der Waals surface area contributed by atoms with Crippen LogP contribution >= 0.6 is 0 Å². The Morgan fingerprint density at radius 1 is 1.21 bits per heavy atom. The minimum absolute atomic E-state index is 0.0934. The van der Waals surface area contributed by atoms with Crippen LogP contribution in [-0.4, -0.2) is 56.4 Å². The summed E-state index contributed by atoms with van der Waals surface area (Å²) >= 11 is 0. The molecule has 4 aliphatic carbocycles. The van der Waals surface area contributed by atoms with E-state index in [1.807, 2.05) is 13.0 Å². The highest BCUT2D eigenvalue weighted by atomic mass is 16.6. The van der Waals surface area contributed by atoms with Crippen molar-refractivity contribution in [3.05, 3.63) is 11.6 Å². The van der Waals surface area contributed by atoms with Crippen LogP contribution in [0, 0.1) is 40.9 Å². The van der Waals surface area contributed by atoms with Crippen molar-refractivity contribution in [3.63, 3.8) is 0 Å². The summed E-state index contributed by atoms with van der Waals surface area (Å²) in [7, 11) is 0. The zero-order chi connectivity index (χ0) is 21.4. The first-order chi connectivity index (χ1) is 13.5. The number of aliphatic hydroxyl groups excluding tert-OH is 4. The van der Waals surface area contributed by atoms with Crippen molar-refractivity contribution < 1.29 is 30.0 Å². The van der Waals surface area contributed by atoms with Gasteiger partial charge in [-0.3, -0.25) is 4.79 Å². The van der Waals surface area contributed by atoms with E-state index < -0.39 is 41.4 Å². The van der Waals surface area contributed by atoms with E-state index in [4.69, 9.17) is 11.2 Å². The van der Waals surface area contributed by atoms with Gasteiger partial charge in [-0.25, -0.2) is 0 Å². The summed E-state index contributed by atoms with van der Waals surface area (Å²) in [5.74, 6) is 1.91. The van der Waals surface area contributed by atoms with E-state index in [2.05, 4.69) is 12.8 Å². The Bertz CT molecular complexity index is 785. The highest BCUT2D eigenvalue weighted by molar-refractivity contribution is 5.67. The summed E-state index contributed by atoms with van der Waals surface area (Å²) in [5.41, 5.74) is -1.36. The van der Waals surface area contributed by atoms with Gasteiger partial charge in [-0.2, -0.15) is 0 Å². The number of hydrogen-bond donors (Lipinski definition) is 4. The molecule has 6 nitrogen and oxygen atoms in total. The first-order valence-electron chi connectivity index (χ1n) is 10.6. The molecule has 6 heteroatoms. The normalized spacial score (nSPS) is 53.7. The van der Waals surface area contributed by atoms with E-state index >= 15 is 0 Å². The minimum Gasteiger partial charge on any atom is -0.443 e. The maximum atomic E-state index is 11.8. The van der Waals surface area contributed by atoms with Gasteiger partial charge in [0.15, 0.2) is 0 Å². The van der Waals surface area contributed by atoms with Crippen LogP contribution in [-0.2, 0) is 9.53 Å². The number of aliphatic hydroxyl groups is 4. The van der Waals surface area contributed by atoms with Gasteiger partial charge in [0.05, 0.1) is 18.3 Å². The second kappa shape index (κ2) is 6.55. The Morgan fingerprint density at radius 2 is 1.90 bits per heavy atom. The number of rotatable bonds is 1. The van der Waals surface area contributed by atoms with E-state index in [0.717, 1.165) is 12.0 Å². The molecular formula is C23H32O6. The van der Waals surface area contributed by atoms with Crippen LogP contribution in [0.15, 0.2) is 11.6 Å². The van der Waals surface area contributed by atoms with Crippen molar-refractivity contribution in [2.45, 2.75) is 82.9 Å². The minimum atomic E-state index is -1.40. The second-order valence-corrected chi connectivity index (χ2v) is 10.1. The molecule has 0 aromatic carbocycles. The standard InChI is InChI=1S/C23H32O6/c1-5-23(29-12(2)24)19(28)10-15-20-14(6-7-22(15,23)4)21(3)11-18(27)16(25)8-13(21)9-17(20)26/h1,9,14-20,25-28H,6-8,10-11H2,2-4H3/t14-,15-,16-,17-,18-,19+,20+,21-,22-,23-/m0/s1. The van der Waals surface area contributed by atoms with Crippen LogP contribution in [0.5, 0.6) is 0 Å². The molecule has 0 spiro atoms. The Kier molecular flexibility index (Phi) is 4.71. The van der Waals surface area contributed by atoms with Crippen LogP contribution in [0.1, 0.15) is 52.9 Å². The second-order valence-electron chi connectivity index (χ2n) is 10.1. The van der Waals surface area contributed by atoms with E-state index in [0.29, 0.717) is 25.7 Å². The Labute approximate surface area is 172 Å². The van der Waals surface area contributed by atoms with Gasteiger partial charge in [-0.15, -0.1) is 6.42 Å². The van der Waals surface area contributed by atoms with Gasteiger partial charge in [-0.1, -0.05) is 31.4 Å². The fourth-order valence-electron chi connectivity index (χ4n) is 7.39. The fraction of sp³-hybridized carbons (Fsp3) is 0.783. The predicted octanol–water partition coefficient (Wildman–Crippen LogP) is 1.16. The lowest BCUT2D eigenvalue weighted by Gasteiger charge is -2.60. The Hall–Kier alpha value is -1.39. The summed E-state index contributed by atoms with van der Waals surface area (Å²) in [5, 5.41) is 42.6. The van der Waals surface area contributed by atoms with Gasteiger partial charge >= 0.3 is 5.97 Å². The average Bonchev–Trinajstić information content (AvgIpc) is 2.85. The zero-order valence-electron chi connectivity index (χ0n) is 17.3. The molecule has 0 heterocycles. The van der Waals surface area contributed by atoms with E-state index in [9.17, 15) is 25.2 Å². The topological polar surface area (TPSA) is 107 Å². The molecule has 0 aromatic heterocycles. The smallest absolute Gasteiger partial charge is 0.304 e.